The van der Waals surface area contributed by atoms with Crippen LogP contribution in [-0.2, 0) is 4.74 Å². The first-order valence-electron chi connectivity index (χ1n) is 7.78. The normalized spacial score (nSPS) is 21.4. The molecule has 0 saturated carbocycles. The number of carbonyl (C=O) groups is 1. The van der Waals surface area contributed by atoms with Gasteiger partial charge in [0.05, 0.1) is 17.1 Å². The quantitative estimate of drug-likeness (QED) is 0.371. The van der Waals surface area contributed by atoms with Gasteiger partial charge in [-0.15, -0.1) is 0 Å². The third-order valence-electron chi connectivity index (χ3n) is 3.75. The van der Waals surface area contributed by atoms with Crippen LogP contribution in [0.25, 0.3) is 0 Å². The summed E-state index contributed by atoms with van der Waals surface area (Å²) in [5.41, 5.74) is 5.06. The first kappa shape index (κ1) is 18.3. The molecule has 1 aliphatic rings. The molecule has 0 bridgehead atoms. The number of rotatable bonds is 4. The van der Waals surface area contributed by atoms with E-state index in [2.05, 4.69) is 10.1 Å². The van der Waals surface area contributed by atoms with Crippen LogP contribution in [0.1, 0.15) is 39.0 Å². The Kier molecular flexibility index (Phi) is 5.22. The number of likely N-dealkylation sites (N-methyl/N-ethyl adjacent to an activating group) is 1. The predicted octanol–water partition coefficient (Wildman–Crippen LogP) is 2.07. The van der Waals surface area contributed by atoms with E-state index >= 15 is 0 Å². The van der Waals surface area contributed by atoms with Crippen molar-refractivity contribution in [2.75, 3.05) is 18.5 Å². The maximum absolute atomic E-state index is 12.3. The molecule has 1 amide bonds. The highest BCUT2D eigenvalue weighted by molar-refractivity contribution is 7.17. The van der Waals surface area contributed by atoms with Gasteiger partial charge in [0.25, 0.3) is 0 Å². The molecular weight excluding hydrogens is 330 g/mol. The van der Waals surface area contributed by atoms with Crippen molar-refractivity contribution >= 4 is 28.4 Å². The smallest absolute Gasteiger partial charge is 0.410 e. The number of nitrogens with zero attached hydrogens (tertiary/aromatic N) is 4. The van der Waals surface area contributed by atoms with Crippen molar-refractivity contribution in [1.82, 2.24) is 9.88 Å². The Labute approximate surface area is 145 Å². The molecule has 3 N–H and O–H groups in total. The number of hydrogen-bond donors (Lipinski definition) is 2. The molecular formula is C15H25N5O3S. The van der Waals surface area contributed by atoms with E-state index in [0.717, 1.165) is 11.6 Å². The Morgan fingerprint density at radius 2 is 2.29 bits per heavy atom. The topological polar surface area (TPSA) is 104 Å². The van der Waals surface area contributed by atoms with E-state index in [4.69, 9.17) is 15.7 Å². The van der Waals surface area contributed by atoms with E-state index in [-0.39, 0.29) is 24.0 Å². The molecule has 1 aliphatic heterocycles. The summed E-state index contributed by atoms with van der Waals surface area (Å²) < 4.78 is 5.48. The van der Waals surface area contributed by atoms with E-state index in [1.54, 1.807) is 11.1 Å². The third-order valence-corrected chi connectivity index (χ3v) is 4.88. The van der Waals surface area contributed by atoms with Crippen molar-refractivity contribution in [1.29, 1.82) is 0 Å². The standard InChI is InChI=1S/C15H25N5O3S/c1-9-6-10(20(9)14(21)23-15(2,3)4)8-19(5)13-17-7-11(24-13)12(16)18-22/h7,9-10,22H,6,8H2,1-5H3,(H2,16,18). The van der Waals surface area contributed by atoms with Gasteiger partial charge < -0.3 is 25.5 Å². The molecule has 2 atom stereocenters. The van der Waals surface area contributed by atoms with Gasteiger partial charge in [-0.3, -0.25) is 0 Å². The molecule has 2 unspecified atom stereocenters. The van der Waals surface area contributed by atoms with Gasteiger partial charge in [0.1, 0.15) is 5.60 Å². The summed E-state index contributed by atoms with van der Waals surface area (Å²) in [5.74, 6) is 0.0415. The number of hydrogen-bond acceptors (Lipinski definition) is 7. The van der Waals surface area contributed by atoms with E-state index in [1.165, 1.54) is 11.3 Å². The lowest BCUT2D eigenvalue weighted by Gasteiger charge is -2.48. The van der Waals surface area contributed by atoms with E-state index in [9.17, 15) is 4.79 Å². The molecule has 8 nitrogen and oxygen atoms in total. The Morgan fingerprint density at radius 1 is 1.62 bits per heavy atom. The number of nitrogens with two attached hydrogens (primary N) is 1. The number of thiazole rings is 1. The van der Waals surface area contributed by atoms with Crippen molar-refractivity contribution in [3.05, 3.63) is 11.1 Å². The Balaban J connectivity index is 1.99. The maximum atomic E-state index is 12.3. The van der Waals surface area contributed by atoms with Crippen molar-refractivity contribution < 1.29 is 14.7 Å². The summed E-state index contributed by atoms with van der Waals surface area (Å²) >= 11 is 1.33. The van der Waals surface area contributed by atoms with Gasteiger partial charge in [-0.05, 0) is 34.1 Å². The molecule has 9 heteroatoms. The molecule has 1 fully saturated rings. The summed E-state index contributed by atoms with van der Waals surface area (Å²) in [6.07, 6.45) is 2.21. The third kappa shape index (κ3) is 4.08. The number of oxime groups is 1. The van der Waals surface area contributed by atoms with Crippen LogP contribution < -0.4 is 10.6 Å². The van der Waals surface area contributed by atoms with Gasteiger partial charge in [-0.2, -0.15) is 0 Å². The van der Waals surface area contributed by atoms with Crippen molar-refractivity contribution in [2.24, 2.45) is 10.9 Å². The predicted molar refractivity (Wildman–Crippen MR) is 93.8 cm³/mol. The first-order valence-corrected chi connectivity index (χ1v) is 8.60. The van der Waals surface area contributed by atoms with Gasteiger partial charge in [0.15, 0.2) is 11.0 Å². The zero-order valence-electron chi connectivity index (χ0n) is 14.7. The lowest BCUT2D eigenvalue weighted by molar-refractivity contribution is -0.0246. The van der Waals surface area contributed by atoms with Gasteiger partial charge in [0.2, 0.25) is 0 Å². The fourth-order valence-electron chi connectivity index (χ4n) is 2.65. The average Bonchev–Trinajstić information content (AvgIpc) is 2.93. The van der Waals surface area contributed by atoms with Crippen LogP contribution in [0.5, 0.6) is 0 Å². The SMILES string of the molecule is CC1CC(CN(C)c2ncc(/C(N)=N/O)s2)N1C(=O)OC(C)(C)C. The van der Waals surface area contributed by atoms with Gasteiger partial charge in [-0.25, -0.2) is 9.78 Å². The van der Waals surface area contributed by atoms with Crippen molar-refractivity contribution in [3.63, 3.8) is 0 Å². The maximum Gasteiger partial charge on any atom is 0.410 e. The molecule has 24 heavy (non-hydrogen) atoms. The van der Waals surface area contributed by atoms with Crippen LogP contribution in [0.4, 0.5) is 9.93 Å². The summed E-state index contributed by atoms with van der Waals surface area (Å²) in [5, 5.41) is 12.4. The summed E-state index contributed by atoms with van der Waals surface area (Å²) in [6, 6.07) is 0.248. The molecule has 1 saturated heterocycles. The molecule has 0 aliphatic carbocycles. The minimum Gasteiger partial charge on any atom is -0.444 e. The van der Waals surface area contributed by atoms with Crippen LogP contribution in [0, 0.1) is 0 Å². The molecule has 2 rings (SSSR count). The lowest BCUT2D eigenvalue weighted by Crippen LogP contribution is -2.61. The minimum absolute atomic E-state index is 0.0415. The zero-order valence-corrected chi connectivity index (χ0v) is 15.5. The summed E-state index contributed by atoms with van der Waals surface area (Å²) in [7, 11) is 1.91. The average molecular weight is 355 g/mol. The molecule has 1 aromatic rings. The number of likely N-dealkylation sites (tertiary alicyclic amines) is 1. The summed E-state index contributed by atoms with van der Waals surface area (Å²) in [4.78, 5) is 21.0. The largest absolute Gasteiger partial charge is 0.444 e. The number of aromatic nitrogens is 1. The molecule has 1 aromatic heterocycles. The lowest BCUT2D eigenvalue weighted by atomic mass is 9.94. The van der Waals surface area contributed by atoms with Crippen LogP contribution >= 0.6 is 11.3 Å². The number of anilines is 1. The van der Waals surface area contributed by atoms with Crippen molar-refractivity contribution in [3.8, 4) is 0 Å². The second-order valence-corrected chi connectivity index (χ2v) is 8.01. The van der Waals surface area contributed by atoms with Gasteiger partial charge in [-0.1, -0.05) is 16.5 Å². The monoisotopic (exact) mass is 355 g/mol. The second kappa shape index (κ2) is 6.84. The fraction of sp³-hybridized carbons (Fsp3) is 0.667. The highest BCUT2D eigenvalue weighted by atomic mass is 32.1. The Bertz CT molecular complexity index is 625. The van der Waals surface area contributed by atoms with Crippen LogP contribution in [0.15, 0.2) is 11.4 Å². The molecule has 134 valence electrons. The van der Waals surface area contributed by atoms with Gasteiger partial charge in [0, 0.05) is 19.6 Å². The number of ether oxygens (including phenoxy) is 1. The summed E-state index contributed by atoms with van der Waals surface area (Å²) in [6.45, 7) is 8.25. The first-order chi connectivity index (χ1) is 11.1. The Hall–Kier alpha value is -2.03. The minimum atomic E-state index is -0.506. The highest BCUT2D eigenvalue weighted by Crippen LogP contribution is 2.30. The molecule has 0 aromatic carbocycles. The molecule has 2 heterocycles. The van der Waals surface area contributed by atoms with Crippen LogP contribution in [0.3, 0.4) is 0 Å². The number of amides is 1. The van der Waals surface area contributed by atoms with E-state index in [0.29, 0.717) is 11.4 Å². The Morgan fingerprint density at radius 3 is 2.83 bits per heavy atom. The number of amidine groups is 1. The fourth-order valence-corrected chi connectivity index (χ4v) is 3.44. The molecule has 0 spiro atoms. The van der Waals surface area contributed by atoms with Crippen LogP contribution in [-0.4, -0.2) is 58.3 Å². The second-order valence-electron chi connectivity index (χ2n) is 7.00. The number of carbonyl (C=O) groups excluding carboxylic acids is 1. The van der Waals surface area contributed by atoms with Crippen LogP contribution in [0.2, 0.25) is 0 Å². The van der Waals surface area contributed by atoms with Gasteiger partial charge >= 0.3 is 6.09 Å². The zero-order chi connectivity index (χ0) is 18.1. The highest BCUT2D eigenvalue weighted by Gasteiger charge is 2.41. The van der Waals surface area contributed by atoms with E-state index < -0.39 is 5.60 Å². The van der Waals surface area contributed by atoms with E-state index in [1.807, 2.05) is 39.6 Å². The molecule has 0 radical (unpaired) electrons. The van der Waals surface area contributed by atoms with Crippen molar-refractivity contribution in [2.45, 2.75) is 51.8 Å².